The highest BCUT2D eigenvalue weighted by molar-refractivity contribution is 5.31. The molecular weight excluding hydrogens is 236 g/mol. The van der Waals surface area contributed by atoms with E-state index >= 15 is 0 Å². The zero-order chi connectivity index (χ0) is 13.7. The Kier molecular flexibility index (Phi) is 4.68. The molecule has 0 fully saturated rings. The Hall–Kier alpha value is -1.68. The molecule has 0 unspecified atom stereocenters. The molecule has 0 spiro atoms. The van der Waals surface area contributed by atoms with Crippen molar-refractivity contribution in [2.75, 3.05) is 6.54 Å². The number of aromatic nitrogens is 3. The van der Waals surface area contributed by atoms with Crippen LogP contribution in [-0.4, -0.2) is 21.1 Å². The first kappa shape index (κ1) is 13.7. The summed E-state index contributed by atoms with van der Waals surface area (Å²) < 4.78 is 1.95. The maximum Gasteiger partial charge on any atom is 0.138 e. The molecular formula is C15H22N4. The van der Waals surface area contributed by atoms with Gasteiger partial charge in [0.15, 0.2) is 0 Å². The summed E-state index contributed by atoms with van der Waals surface area (Å²) in [6.45, 7) is 8.48. The fraction of sp³-hybridized carbons (Fsp3) is 0.467. The Labute approximate surface area is 114 Å². The van der Waals surface area contributed by atoms with E-state index in [1.807, 2.05) is 10.8 Å². The van der Waals surface area contributed by atoms with Gasteiger partial charge in [-0.15, -0.1) is 0 Å². The number of hydrogen-bond acceptors (Lipinski definition) is 3. The molecule has 2 aromatic heterocycles. The fourth-order valence-corrected chi connectivity index (χ4v) is 1.95. The van der Waals surface area contributed by atoms with E-state index in [2.05, 4.69) is 48.2 Å². The molecule has 2 rings (SSSR count). The summed E-state index contributed by atoms with van der Waals surface area (Å²) in [7, 11) is 0. The summed E-state index contributed by atoms with van der Waals surface area (Å²) in [5.41, 5.74) is 2.39. The van der Waals surface area contributed by atoms with Gasteiger partial charge in [0.1, 0.15) is 12.1 Å². The van der Waals surface area contributed by atoms with E-state index in [-0.39, 0.29) is 0 Å². The quantitative estimate of drug-likeness (QED) is 0.866. The molecule has 0 atom stereocenters. The van der Waals surface area contributed by atoms with Crippen LogP contribution in [0.25, 0.3) is 5.82 Å². The van der Waals surface area contributed by atoms with Crippen LogP contribution in [0, 0.1) is 5.92 Å². The minimum Gasteiger partial charge on any atom is -0.312 e. The molecule has 1 N–H and O–H groups in total. The number of hydrogen-bond donors (Lipinski definition) is 1. The van der Waals surface area contributed by atoms with Gasteiger partial charge < -0.3 is 5.32 Å². The van der Waals surface area contributed by atoms with Gasteiger partial charge in [0.05, 0.1) is 0 Å². The van der Waals surface area contributed by atoms with Crippen LogP contribution in [0.2, 0.25) is 0 Å². The van der Waals surface area contributed by atoms with Gasteiger partial charge in [0.2, 0.25) is 0 Å². The lowest BCUT2D eigenvalue weighted by Crippen LogP contribution is -2.19. The molecule has 0 bridgehead atoms. The Morgan fingerprint density at radius 2 is 2.16 bits per heavy atom. The first-order valence-electron chi connectivity index (χ1n) is 6.88. The maximum absolute atomic E-state index is 4.63. The third-order valence-electron chi connectivity index (χ3n) is 2.94. The zero-order valence-electron chi connectivity index (χ0n) is 11.9. The molecule has 0 aliphatic heterocycles. The average Bonchev–Trinajstić information content (AvgIpc) is 2.92. The molecule has 19 heavy (non-hydrogen) atoms. The number of imidazole rings is 1. The lowest BCUT2D eigenvalue weighted by atomic mass is 10.1. The van der Waals surface area contributed by atoms with Crippen molar-refractivity contribution in [3.05, 3.63) is 42.1 Å². The lowest BCUT2D eigenvalue weighted by Gasteiger charge is -2.11. The van der Waals surface area contributed by atoms with Crippen molar-refractivity contribution in [2.24, 2.45) is 5.92 Å². The molecule has 0 radical (unpaired) electrons. The second kappa shape index (κ2) is 6.48. The smallest absolute Gasteiger partial charge is 0.138 e. The molecule has 0 amide bonds. The summed E-state index contributed by atoms with van der Waals surface area (Å²) in [5.74, 6) is 1.61. The molecule has 0 aliphatic carbocycles. The van der Waals surface area contributed by atoms with E-state index in [1.165, 1.54) is 5.56 Å². The Bertz CT molecular complexity index is 503. The Morgan fingerprint density at radius 1 is 1.32 bits per heavy atom. The third kappa shape index (κ3) is 3.89. The predicted octanol–water partition coefficient (Wildman–Crippen LogP) is 2.58. The SMILES string of the molecule is CCc1cc(CNCC(C)C)cc(-n2ccnc2)n1. The average molecular weight is 258 g/mol. The van der Waals surface area contributed by atoms with Crippen LogP contribution in [0.5, 0.6) is 0 Å². The van der Waals surface area contributed by atoms with Crippen LogP contribution in [0.4, 0.5) is 0 Å². The summed E-state index contributed by atoms with van der Waals surface area (Å²) in [4.78, 5) is 8.71. The van der Waals surface area contributed by atoms with Gasteiger partial charge in [-0.2, -0.15) is 0 Å². The van der Waals surface area contributed by atoms with Crippen molar-refractivity contribution < 1.29 is 0 Å². The van der Waals surface area contributed by atoms with E-state index in [0.29, 0.717) is 5.92 Å². The van der Waals surface area contributed by atoms with E-state index in [0.717, 1.165) is 31.0 Å². The van der Waals surface area contributed by atoms with Crippen molar-refractivity contribution in [1.29, 1.82) is 0 Å². The number of nitrogens with one attached hydrogen (secondary N) is 1. The molecule has 0 saturated heterocycles. The minimum atomic E-state index is 0.667. The second-order valence-electron chi connectivity index (χ2n) is 5.17. The van der Waals surface area contributed by atoms with Crippen molar-refractivity contribution in [1.82, 2.24) is 19.9 Å². The standard InChI is InChI=1S/C15H22N4/c1-4-14-7-13(10-17-9-12(2)3)8-15(18-14)19-6-5-16-11-19/h5-8,11-12,17H,4,9-10H2,1-3H3. The molecule has 2 aromatic rings. The molecule has 0 aromatic carbocycles. The van der Waals surface area contributed by atoms with Crippen LogP contribution < -0.4 is 5.32 Å². The summed E-state index contributed by atoms with van der Waals surface area (Å²) in [5, 5.41) is 3.47. The van der Waals surface area contributed by atoms with Gasteiger partial charge in [-0.25, -0.2) is 9.97 Å². The highest BCUT2D eigenvalue weighted by atomic mass is 15.1. The number of nitrogens with zero attached hydrogens (tertiary/aromatic N) is 3. The molecule has 0 aliphatic rings. The zero-order valence-corrected chi connectivity index (χ0v) is 11.9. The third-order valence-corrected chi connectivity index (χ3v) is 2.94. The molecule has 2 heterocycles. The second-order valence-corrected chi connectivity index (χ2v) is 5.17. The number of aryl methyl sites for hydroxylation is 1. The largest absolute Gasteiger partial charge is 0.312 e. The maximum atomic E-state index is 4.63. The van der Waals surface area contributed by atoms with Gasteiger partial charge in [-0.3, -0.25) is 4.57 Å². The highest BCUT2D eigenvalue weighted by Gasteiger charge is 2.04. The summed E-state index contributed by atoms with van der Waals surface area (Å²) in [6.07, 6.45) is 6.43. The van der Waals surface area contributed by atoms with Gasteiger partial charge in [0.25, 0.3) is 0 Å². The van der Waals surface area contributed by atoms with Crippen LogP contribution in [0.1, 0.15) is 32.0 Å². The van der Waals surface area contributed by atoms with Crippen LogP contribution in [-0.2, 0) is 13.0 Å². The molecule has 0 saturated carbocycles. The molecule has 4 nitrogen and oxygen atoms in total. The van der Waals surface area contributed by atoms with Crippen molar-refractivity contribution in [3.63, 3.8) is 0 Å². The Balaban J connectivity index is 2.16. The van der Waals surface area contributed by atoms with Crippen molar-refractivity contribution in [2.45, 2.75) is 33.7 Å². The van der Waals surface area contributed by atoms with Crippen molar-refractivity contribution in [3.8, 4) is 5.82 Å². The van der Waals surface area contributed by atoms with Gasteiger partial charge in [-0.05, 0) is 36.6 Å². The summed E-state index contributed by atoms with van der Waals surface area (Å²) in [6, 6.07) is 4.29. The number of pyridine rings is 1. The number of rotatable bonds is 6. The first-order valence-corrected chi connectivity index (χ1v) is 6.88. The predicted molar refractivity (Wildman–Crippen MR) is 77.3 cm³/mol. The lowest BCUT2D eigenvalue weighted by molar-refractivity contribution is 0.552. The Morgan fingerprint density at radius 3 is 2.79 bits per heavy atom. The fourth-order valence-electron chi connectivity index (χ4n) is 1.95. The van der Waals surface area contributed by atoms with Gasteiger partial charge in [-0.1, -0.05) is 20.8 Å². The van der Waals surface area contributed by atoms with E-state index in [4.69, 9.17) is 0 Å². The van der Waals surface area contributed by atoms with E-state index < -0.39 is 0 Å². The molecule has 102 valence electrons. The first-order chi connectivity index (χ1) is 9.19. The van der Waals surface area contributed by atoms with Crippen LogP contribution >= 0.6 is 0 Å². The summed E-state index contributed by atoms with van der Waals surface area (Å²) >= 11 is 0. The van der Waals surface area contributed by atoms with E-state index in [1.54, 1.807) is 12.5 Å². The van der Waals surface area contributed by atoms with Crippen LogP contribution in [0.15, 0.2) is 30.9 Å². The van der Waals surface area contributed by atoms with Gasteiger partial charge in [0, 0.05) is 24.6 Å². The minimum absolute atomic E-state index is 0.667. The monoisotopic (exact) mass is 258 g/mol. The van der Waals surface area contributed by atoms with E-state index in [9.17, 15) is 0 Å². The topological polar surface area (TPSA) is 42.7 Å². The highest BCUT2D eigenvalue weighted by Crippen LogP contribution is 2.11. The normalized spacial score (nSPS) is 11.2. The van der Waals surface area contributed by atoms with Gasteiger partial charge >= 0.3 is 0 Å². The van der Waals surface area contributed by atoms with Crippen LogP contribution in [0.3, 0.4) is 0 Å². The molecule has 4 heteroatoms. The van der Waals surface area contributed by atoms with Crippen molar-refractivity contribution >= 4 is 0 Å².